The predicted octanol–water partition coefficient (Wildman–Crippen LogP) is 4.57. The van der Waals surface area contributed by atoms with Gasteiger partial charge in [-0.3, -0.25) is 4.79 Å². The van der Waals surface area contributed by atoms with Crippen LogP contribution in [0.1, 0.15) is 41.0 Å². The lowest BCUT2D eigenvalue weighted by Crippen LogP contribution is -2.30. The standard InChI is InChI=1S/C27H27FN4O3S/c1-3-31(16-19-9-5-4-6-10-19)27(33)22-15-24(21-11-7-8-12-23(21)28)29-26-25(22)18(2)30-32(26)20-13-14-36(34,35)17-20/h4-12,15,20H,3,13-14,16-17H2,1-2H3. The van der Waals surface area contributed by atoms with Gasteiger partial charge in [0.2, 0.25) is 0 Å². The second-order valence-corrected chi connectivity index (χ2v) is 11.4. The van der Waals surface area contributed by atoms with Crippen LogP contribution in [0.4, 0.5) is 4.39 Å². The van der Waals surface area contributed by atoms with Crippen molar-refractivity contribution in [1.29, 1.82) is 0 Å². The van der Waals surface area contributed by atoms with Crippen LogP contribution in [0.2, 0.25) is 0 Å². The Hall–Kier alpha value is -3.59. The summed E-state index contributed by atoms with van der Waals surface area (Å²) in [5.41, 5.74) is 2.93. The highest BCUT2D eigenvalue weighted by Gasteiger charge is 2.33. The van der Waals surface area contributed by atoms with Gasteiger partial charge in [-0.1, -0.05) is 42.5 Å². The first-order valence-electron chi connectivity index (χ1n) is 12.0. The first-order valence-corrected chi connectivity index (χ1v) is 13.8. The fourth-order valence-electron chi connectivity index (χ4n) is 4.81. The number of carbonyl (C=O) groups is 1. The van der Waals surface area contributed by atoms with Crippen molar-refractivity contribution in [1.82, 2.24) is 19.7 Å². The van der Waals surface area contributed by atoms with Gasteiger partial charge < -0.3 is 4.90 Å². The molecule has 4 aromatic rings. The summed E-state index contributed by atoms with van der Waals surface area (Å²) in [4.78, 5) is 20.4. The lowest BCUT2D eigenvalue weighted by Gasteiger charge is -2.22. The topological polar surface area (TPSA) is 85.2 Å². The lowest BCUT2D eigenvalue weighted by atomic mass is 10.0. The van der Waals surface area contributed by atoms with E-state index < -0.39 is 15.7 Å². The highest BCUT2D eigenvalue weighted by Crippen LogP contribution is 2.33. The van der Waals surface area contributed by atoms with Crippen LogP contribution in [0.3, 0.4) is 0 Å². The number of nitrogens with zero attached hydrogens (tertiary/aromatic N) is 4. The Morgan fingerprint density at radius 1 is 1.14 bits per heavy atom. The van der Waals surface area contributed by atoms with E-state index in [1.54, 1.807) is 40.8 Å². The van der Waals surface area contributed by atoms with E-state index in [1.807, 2.05) is 37.3 Å². The van der Waals surface area contributed by atoms with E-state index in [0.29, 0.717) is 47.5 Å². The normalized spacial score (nSPS) is 16.9. The molecule has 0 saturated carbocycles. The number of benzene rings is 2. The fourth-order valence-corrected chi connectivity index (χ4v) is 6.50. The molecule has 2 aromatic heterocycles. The number of amides is 1. The number of halogens is 1. The largest absolute Gasteiger partial charge is 0.335 e. The highest BCUT2D eigenvalue weighted by atomic mass is 32.2. The Morgan fingerprint density at radius 3 is 2.53 bits per heavy atom. The molecule has 0 aliphatic carbocycles. The number of aryl methyl sites for hydroxylation is 1. The molecule has 0 N–H and O–H groups in total. The molecule has 2 aromatic carbocycles. The number of fused-ring (bicyclic) bond motifs is 1. The molecular formula is C27H27FN4O3S. The molecule has 5 rings (SSSR count). The molecule has 36 heavy (non-hydrogen) atoms. The number of hydrogen-bond acceptors (Lipinski definition) is 5. The van der Waals surface area contributed by atoms with Crippen LogP contribution in [0, 0.1) is 12.7 Å². The average molecular weight is 507 g/mol. The van der Waals surface area contributed by atoms with E-state index in [2.05, 4.69) is 5.10 Å². The number of aromatic nitrogens is 3. The van der Waals surface area contributed by atoms with E-state index in [9.17, 15) is 17.6 Å². The second-order valence-electron chi connectivity index (χ2n) is 9.13. The summed E-state index contributed by atoms with van der Waals surface area (Å²) in [7, 11) is -3.17. The number of carbonyl (C=O) groups excluding carboxylic acids is 1. The maximum absolute atomic E-state index is 14.8. The van der Waals surface area contributed by atoms with Crippen LogP contribution in [-0.2, 0) is 16.4 Å². The Labute approximate surface area is 209 Å². The quantitative estimate of drug-likeness (QED) is 0.383. The van der Waals surface area contributed by atoms with Crippen LogP contribution in [0.25, 0.3) is 22.3 Å². The summed E-state index contributed by atoms with van der Waals surface area (Å²) < 4.78 is 40.8. The van der Waals surface area contributed by atoms with Crippen molar-refractivity contribution >= 4 is 26.8 Å². The van der Waals surface area contributed by atoms with Crippen molar-refractivity contribution < 1.29 is 17.6 Å². The zero-order valence-corrected chi connectivity index (χ0v) is 21.0. The van der Waals surface area contributed by atoms with Crippen LogP contribution >= 0.6 is 0 Å². The van der Waals surface area contributed by atoms with Gasteiger partial charge >= 0.3 is 0 Å². The van der Waals surface area contributed by atoms with E-state index in [-0.39, 0.29) is 29.0 Å². The van der Waals surface area contributed by atoms with Crippen molar-refractivity contribution in [3.05, 3.63) is 83.3 Å². The number of sulfone groups is 1. The van der Waals surface area contributed by atoms with E-state index >= 15 is 0 Å². The van der Waals surface area contributed by atoms with Gasteiger partial charge in [0.25, 0.3) is 5.91 Å². The van der Waals surface area contributed by atoms with Gasteiger partial charge in [0.15, 0.2) is 15.5 Å². The maximum Gasteiger partial charge on any atom is 0.255 e. The third-order valence-corrected chi connectivity index (χ3v) is 8.41. The summed E-state index contributed by atoms with van der Waals surface area (Å²) in [6.07, 6.45) is 0.419. The molecule has 0 spiro atoms. The summed E-state index contributed by atoms with van der Waals surface area (Å²) in [5, 5.41) is 5.20. The third kappa shape index (κ3) is 4.51. The molecule has 1 amide bonds. The smallest absolute Gasteiger partial charge is 0.255 e. The molecule has 1 aliphatic heterocycles. The minimum atomic E-state index is -3.17. The highest BCUT2D eigenvalue weighted by molar-refractivity contribution is 7.91. The SMILES string of the molecule is CCN(Cc1ccccc1)C(=O)c1cc(-c2ccccc2F)nc2c1c(C)nn2C1CCS(=O)(=O)C1. The summed E-state index contributed by atoms with van der Waals surface area (Å²) in [5.74, 6) is -0.622. The molecule has 1 atom stereocenters. The molecule has 0 radical (unpaired) electrons. The monoisotopic (exact) mass is 506 g/mol. The Morgan fingerprint density at radius 2 is 1.86 bits per heavy atom. The summed E-state index contributed by atoms with van der Waals surface area (Å²) in [6.45, 7) is 4.59. The van der Waals surface area contributed by atoms with Gasteiger partial charge in [0, 0.05) is 18.7 Å². The van der Waals surface area contributed by atoms with E-state index in [4.69, 9.17) is 4.98 Å². The second kappa shape index (κ2) is 9.46. The van der Waals surface area contributed by atoms with Gasteiger partial charge in [-0.2, -0.15) is 5.10 Å². The molecule has 1 unspecified atom stereocenters. The third-order valence-electron chi connectivity index (χ3n) is 6.66. The molecule has 0 bridgehead atoms. The maximum atomic E-state index is 14.8. The Kier molecular flexibility index (Phi) is 6.34. The average Bonchev–Trinajstić information content (AvgIpc) is 3.41. The van der Waals surface area contributed by atoms with E-state index in [1.165, 1.54) is 6.07 Å². The van der Waals surface area contributed by atoms with Crippen molar-refractivity contribution in [2.75, 3.05) is 18.1 Å². The van der Waals surface area contributed by atoms with Crippen LogP contribution in [-0.4, -0.2) is 52.0 Å². The van der Waals surface area contributed by atoms with Crippen LogP contribution < -0.4 is 0 Å². The van der Waals surface area contributed by atoms with Crippen molar-refractivity contribution in [2.45, 2.75) is 32.9 Å². The Balaban J connectivity index is 1.69. The zero-order valence-electron chi connectivity index (χ0n) is 20.2. The Bertz CT molecular complexity index is 1550. The van der Waals surface area contributed by atoms with Gasteiger partial charge in [-0.05, 0) is 44.0 Å². The van der Waals surface area contributed by atoms with Crippen molar-refractivity contribution in [3.63, 3.8) is 0 Å². The predicted molar refractivity (Wildman–Crippen MR) is 137 cm³/mol. The molecule has 1 fully saturated rings. The number of hydrogen-bond donors (Lipinski definition) is 0. The molecule has 7 nitrogen and oxygen atoms in total. The molecule has 186 valence electrons. The number of rotatable bonds is 6. The number of pyridine rings is 1. The zero-order chi connectivity index (χ0) is 25.4. The van der Waals surface area contributed by atoms with Crippen LogP contribution in [0.5, 0.6) is 0 Å². The van der Waals surface area contributed by atoms with Gasteiger partial charge in [0.05, 0.1) is 39.9 Å². The lowest BCUT2D eigenvalue weighted by molar-refractivity contribution is 0.0754. The summed E-state index contributed by atoms with van der Waals surface area (Å²) in [6, 6.07) is 17.2. The van der Waals surface area contributed by atoms with Crippen molar-refractivity contribution in [2.24, 2.45) is 0 Å². The molecular weight excluding hydrogens is 479 g/mol. The minimum Gasteiger partial charge on any atom is -0.335 e. The molecule has 9 heteroatoms. The minimum absolute atomic E-state index is 0.0345. The van der Waals surface area contributed by atoms with Crippen molar-refractivity contribution in [3.8, 4) is 11.3 Å². The first kappa shape index (κ1) is 24.1. The first-order chi connectivity index (χ1) is 17.3. The molecule has 1 saturated heterocycles. The molecule has 1 aliphatic rings. The van der Waals surface area contributed by atoms with Crippen LogP contribution in [0.15, 0.2) is 60.7 Å². The molecule has 3 heterocycles. The van der Waals surface area contributed by atoms with E-state index in [0.717, 1.165) is 5.56 Å². The van der Waals surface area contributed by atoms with Gasteiger partial charge in [0.1, 0.15) is 5.82 Å². The van der Waals surface area contributed by atoms with Gasteiger partial charge in [-0.25, -0.2) is 22.5 Å². The fraction of sp³-hybridized carbons (Fsp3) is 0.296. The van der Waals surface area contributed by atoms with Gasteiger partial charge in [-0.15, -0.1) is 0 Å². The summed E-state index contributed by atoms with van der Waals surface area (Å²) >= 11 is 0.